The molecule has 0 aliphatic rings. The average Bonchev–Trinajstić information content (AvgIpc) is 2.74. The molecule has 0 aliphatic heterocycles. The summed E-state index contributed by atoms with van der Waals surface area (Å²) in [6, 6.07) is 15.1. The second kappa shape index (κ2) is 9.48. The Bertz CT molecular complexity index is 1020. The van der Waals surface area contributed by atoms with E-state index in [0.29, 0.717) is 16.9 Å². The Balaban J connectivity index is 0.00000155. The number of carboxylic acid groups (broad SMARTS) is 1. The summed E-state index contributed by atoms with van der Waals surface area (Å²) in [5, 5.41) is 9.11. The van der Waals surface area contributed by atoms with Crippen molar-refractivity contribution < 1.29 is 27.8 Å². The molecule has 0 bridgehead atoms. The van der Waals surface area contributed by atoms with Crippen LogP contribution in [0.5, 0.6) is 5.75 Å². The summed E-state index contributed by atoms with van der Waals surface area (Å²) >= 11 is 0. The van der Waals surface area contributed by atoms with Gasteiger partial charge in [-0.15, -0.1) is 0 Å². The van der Waals surface area contributed by atoms with Gasteiger partial charge in [-0.1, -0.05) is 38.1 Å². The highest BCUT2D eigenvalue weighted by atomic mass is 19.4. The lowest BCUT2D eigenvalue weighted by atomic mass is 9.94. The first-order valence-corrected chi connectivity index (χ1v) is 9.40. The molecule has 1 N–H and O–H groups in total. The van der Waals surface area contributed by atoms with Crippen LogP contribution in [0.2, 0.25) is 0 Å². The molecule has 3 nitrogen and oxygen atoms in total. The normalized spacial score (nSPS) is 10.8. The van der Waals surface area contributed by atoms with Crippen LogP contribution in [0.1, 0.15) is 35.3 Å². The summed E-state index contributed by atoms with van der Waals surface area (Å²) in [5.41, 5.74) is 3.14. The molecule has 0 heterocycles. The number of carbonyl (C=O) groups is 1. The zero-order valence-electron chi connectivity index (χ0n) is 17.2. The monoisotopic (exact) mass is 416 g/mol. The molecule has 3 aromatic rings. The summed E-state index contributed by atoms with van der Waals surface area (Å²) in [7, 11) is 1.50. The van der Waals surface area contributed by atoms with Crippen molar-refractivity contribution in [2.24, 2.45) is 0 Å². The van der Waals surface area contributed by atoms with E-state index in [-0.39, 0.29) is 5.56 Å². The Hall–Kier alpha value is -3.28. The molecule has 0 unspecified atom stereocenters. The smallest absolute Gasteiger partial charge is 0.416 e. The first kappa shape index (κ1) is 23.0. The lowest BCUT2D eigenvalue weighted by Crippen LogP contribution is -2.04. The zero-order chi connectivity index (χ0) is 22.5. The fourth-order valence-corrected chi connectivity index (χ4v) is 3.06. The van der Waals surface area contributed by atoms with E-state index < -0.39 is 17.7 Å². The highest BCUT2D eigenvalue weighted by Gasteiger charge is 2.30. The van der Waals surface area contributed by atoms with Gasteiger partial charge in [0.05, 0.1) is 18.2 Å². The minimum absolute atomic E-state index is 0.192. The number of methoxy groups -OCH3 is 1. The predicted molar refractivity (Wildman–Crippen MR) is 112 cm³/mol. The van der Waals surface area contributed by atoms with Crippen LogP contribution in [0.15, 0.2) is 60.7 Å². The van der Waals surface area contributed by atoms with Crippen molar-refractivity contribution in [3.63, 3.8) is 0 Å². The van der Waals surface area contributed by atoms with E-state index >= 15 is 0 Å². The number of aromatic carboxylic acids is 1. The number of carboxylic acids is 1. The molecular formula is C24H23F3O3. The van der Waals surface area contributed by atoms with Crippen LogP contribution in [0.25, 0.3) is 22.3 Å². The molecule has 0 saturated carbocycles. The second-order valence-corrected chi connectivity index (χ2v) is 6.33. The predicted octanol–water partition coefficient (Wildman–Crippen LogP) is 7.08. The van der Waals surface area contributed by atoms with Crippen LogP contribution in [0.4, 0.5) is 13.2 Å². The van der Waals surface area contributed by atoms with E-state index in [4.69, 9.17) is 9.84 Å². The van der Waals surface area contributed by atoms with Gasteiger partial charge in [-0.25, -0.2) is 4.79 Å². The van der Waals surface area contributed by atoms with E-state index in [2.05, 4.69) is 0 Å². The van der Waals surface area contributed by atoms with Crippen LogP contribution in [-0.4, -0.2) is 18.2 Å². The molecule has 0 amide bonds. The average molecular weight is 416 g/mol. The number of alkyl halides is 3. The highest BCUT2D eigenvalue weighted by Crippen LogP contribution is 2.37. The first-order chi connectivity index (χ1) is 14.2. The molecule has 0 fully saturated rings. The van der Waals surface area contributed by atoms with Crippen molar-refractivity contribution in [1.82, 2.24) is 0 Å². The van der Waals surface area contributed by atoms with Crippen LogP contribution < -0.4 is 4.74 Å². The highest BCUT2D eigenvalue weighted by molar-refractivity contribution is 5.89. The summed E-state index contributed by atoms with van der Waals surface area (Å²) in [6.45, 7) is 5.81. The van der Waals surface area contributed by atoms with Crippen molar-refractivity contribution in [3.8, 4) is 28.0 Å². The Morgan fingerprint density at radius 2 is 1.47 bits per heavy atom. The van der Waals surface area contributed by atoms with Gasteiger partial charge in [-0.3, -0.25) is 0 Å². The topological polar surface area (TPSA) is 46.5 Å². The zero-order valence-corrected chi connectivity index (χ0v) is 17.2. The third-order valence-corrected chi connectivity index (χ3v) is 4.51. The number of hydrogen-bond acceptors (Lipinski definition) is 2. The van der Waals surface area contributed by atoms with Crippen molar-refractivity contribution in [1.29, 1.82) is 0 Å². The SMILES string of the molecule is CC.COc1ccc(-c2ccc(C(=O)O)cc2C)cc1-c1ccc(C(F)(F)F)cc1. The van der Waals surface area contributed by atoms with Gasteiger partial charge < -0.3 is 9.84 Å². The number of halogens is 3. The summed E-state index contributed by atoms with van der Waals surface area (Å²) < 4.78 is 43.8. The molecule has 0 atom stereocenters. The number of benzene rings is 3. The maximum atomic E-state index is 12.8. The lowest BCUT2D eigenvalue weighted by molar-refractivity contribution is -0.137. The van der Waals surface area contributed by atoms with Gasteiger partial charge in [-0.2, -0.15) is 13.2 Å². The molecule has 0 saturated heterocycles. The molecule has 0 aliphatic carbocycles. The summed E-state index contributed by atoms with van der Waals surface area (Å²) in [5.74, 6) is -0.474. The number of hydrogen-bond donors (Lipinski definition) is 1. The first-order valence-electron chi connectivity index (χ1n) is 9.40. The van der Waals surface area contributed by atoms with Gasteiger partial charge in [0.1, 0.15) is 5.75 Å². The van der Waals surface area contributed by atoms with Gasteiger partial charge in [0.15, 0.2) is 0 Å². The van der Waals surface area contributed by atoms with E-state index in [0.717, 1.165) is 28.8 Å². The van der Waals surface area contributed by atoms with E-state index in [1.807, 2.05) is 32.9 Å². The minimum Gasteiger partial charge on any atom is -0.496 e. The molecule has 0 spiro atoms. The number of rotatable bonds is 4. The van der Waals surface area contributed by atoms with Gasteiger partial charge in [0, 0.05) is 5.56 Å². The van der Waals surface area contributed by atoms with Gasteiger partial charge in [0.25, 0.3) is 0 Å². The van der Waals surface area contributed by atoms with Crippen LogP contribution in [0.3, 0.4) is 0 Å². The van der Waals surface area contributed by atoms with Crippen molar-refractivity contribution >= 4 is 5.97 Å². The second-order valence-electron chi connectivity index (χ2n) is 6.33. The molecule has 30 heavy (non-hydrogen) atoms. The number of aryl methyl sites for hydroxylation is 1. The molecule has 0 aromatic heterocycles. The van der Waals surface area contributed by atoms with E-state index in [1.165, 1.54) is 25.3 Å². The van der Waals surface area contributed by atoms with E-state index in [1.54, 1.807) is 18.2 Å². The van der Waals surface area contributed by atoms with Crippen molar-refractivity contribution in [3.05, 3.63) is 77.4 Å². The Kier molecular flexibility index (Phi) is 7.27. The van der Waals surface area contributed by atoms with Crippen LogP contribution >= 0.6 is 0 Å². The van der Waals surface area contributed by atoms with Gasteiger partial charge >= 0.3 is 12.1 Å². The third kappa shape index (κ3) is 5.00. The van der Waals surface area contributed by atoms with Crippen LogP contribution in [0, 0.1) is 6.92 Å². The van der Waals surface area contributed by atoms with Crippen molar-refractivity contribution in [2.45, 2.75) is 26.9 Å². The van der Waals surface area contributed by atoms with Crippen LogP contribution in [-0.2, 0) is 6.18 Å². The Morgan fingerprint density at radius 3 is 1.97 bits per heavy atom. The number of ether oxygens (including phenoxy) is 1. The Morgan fingerprint density at radius 1 is 0.867 bits per heavy atom. The maximum Gasteiger partial charge on any atom is 0.416 e. The molecule has 158 valence electrons. The quantitative estimate of drug-likeness (QED) is 0.494. The molecule has 3 aromatic carbocycles. The van der Waals surface area contributed by atoms with E-state index in [9.17, 15) is 18.0 Å². The summed E-state index contributed by atoms with van der Waals surface area (Å²) in [4.78, 5) is 11.1. The fraction of sp³-hybridized carbons (Fsp3) is 0.208. The van der Waals surface area contributed by atoms with Gasteiger partial charge in [-0.05, 0) is 65.6 Å². The summed E-state index contributed by atoms with van der Waals surface area (Å²) in [6.07, 6.45) is -4.40. The molecular weight excluding hydrogens is 393 g/mol. The molecule has 3 rings (SSSR count). The lowest BCUT2D eigenvalue weighted by Gasteiger charge is -2.14. The fourth-order valence-electron chi connectivity index (χ4n) is 3.06. The Labute approximate surface area is 173 Å². The molecule has 0 radical (unpaired) electrons. The maximum absolute atomic E-state index is 12.8. The largest absolute Gasteiger partial charge is 0.496 e. The molecule has 6 heteroatoms. The van der Waals surface area contributed by atoms with Crippen molar-refractivity contribution in [2.75, 3.05) is 7.11 Å². The standard InChI is InChI=1S/C22H17F3O3.C2H6/c1-13-11-16(21(26)27)5-9-18(13)15-6-10-20(28-2)19(12-15)14-3-7-17(8-4-14)22(23,24)25;1-2/h3-12H,1-2H3,(H,26,27);1-2H3. The minimum atomic E-state index is -4.40. The van der Waals surface area contributed by atoms with Gasteiger partial charge in [0.2, 0.25) is 0 Å². The third-order valence-electron chi connectivity index (χ3n) is 4.51.